The molecule has 76 valence electrons. The third-order valence-electron chi connectivity index (χ3n) is 1.71. The Morgan fingerprint density at radius 2 is 1.93 bits per heavy atom. The van der Waals surface area contributed by atoms with Gasteiger partial charge >= 0.3 is 29.6 Å². The van der Waals surface area contributed by atoms with E-state index in [1.165, 1.54) is 13.8 Å². The summed E-state index contributed by atoms with van der Waals surface area (Å²) in [5, 5.41) is 1.16. The van der Waals surface area contributed by atoms with Crippen LogP contribution >= 0.6 is 0 Å². The van der Waals surface area contributed by atoms with Gasteiger partial charge in [-0.1, -0.05) is 6.58 Å². The van der Waals surface area contributed by atoms with Gasteiger partial charge in [-0.25, -0.2) is 8.42 Å². The molecule has 0 saturated heterocycles. The van der Waals surface area contributed by atoms with Gasteiger partial charge in [0, 0.05) is 6.04 Å². The zero-order valence-electron chi connectivity index (χ0n) is 8.48. The second-order valence-electron chi connectivity index (χ2n) is 2.70. The smallest absolute Gasteiger partial charge is 0.748 e. The van der Waals surface area contributed by atoms with Crippen molar-refractivity contribution in [3.05, 3.63) is 12.7 Å². The Morgan fingerprint density at radius 1 is 1.50 bits per heavy atom. The Hall–Kier alpha value is 0.120. The number of hydrogen-bond donors (Lipinski definition) is 1. The molecule has 0 fully saturated rings. The van der Waals surface area contributed by atoms with E-state index in [2.05, 4.69) is 11.9 Å². The molecule has 0 aliphatic heterocycles. The summed E-state index contributed by atoms with van der Waals surface area (Å²) in [6.45, 7) is 5.89. The van der Waals surface area contributed by atoms with Crippen LogP contribution in [0.15, 0.2) is 12.7 Å². The Morgan fingerprint density at radius 3 is 2.21 bits per heavy atom. The molecule has 0 spiro atoms. The number of amides is 1. The molecule has 2 atom stereocenters. The SMILES string of the molecule is C=CC(=O)NC(C)C(C)S(=O)(=O)[O-].[Na+]. The predicted molar refractivity (Wildman–Crippen MR) is 47.0 cm³/mol. The zero-order valence-corrected chi connectivity index (χ0v) is 11.3. The van der Waals surface area contributed by atoms with Crippen LogP contribution in [0.3, 0.4) is 0 Å². The van der Waals surface area contributed by atoms with Gasteiger partial charge in [0.1, 0.15) is 0 Å². The van der Waals surface area contributed by atoms with Crippen LogP contribution in [0.1, 0.15) is 13.8 Å². The second kappa shape index (κ2) is 6.58. The predicted octanol–water partition coefficient (Wildman–Crippen LogP) is -3.39. The molecule has 0 aromatic carbocycles. The van der Waals surface area contributed by atoms with E-state index in [1.54, 1.807) is 0 Å². The van der Waals surface area contributed by atoms with Crippen molar-refractivity contribution in [3.63, 3.8) is 0 Å². The average Bonchev–Trinajstić information content (AvgIpc) is 2.01. The topological polar surface area (TPSA) is 86.3 Å². The van der Waals surface area contributed by atoms with Gasteiger partial charge in [0.25, 0.3) is 0 Å². The number of nitrogens with one attached hydrogen (secondary N) is 1. The Balaban J connectivity index is 0. The van der Waals surface area contributed by atoms with Crippen molar-refractivity contribution in [1.29, 1.82) is 0 Å². The molecule has 0 aromatic rings. The first-order valence-corrected chi connectivity index (χ1v) is 5.13. The number of carbonyl (C=O) groups excluding carboxylic acids is 1. The van der Waals surface area contributed by atoms with E-state index in [4.69, 9.17) is 0 Å². The van der Waals surface area contributed by atoms with Crippen LogP contribution in [-0.4, -0.2) is 30.2 Å². The first-order valence-electron chi connectivity index (χ1n) is 3.66. The van der Waals surface area contributed by atoms with E-state index in [1.807, 2.05) is 0 Å². The van der Waals surface area contributed by atoms with Gasteiger partial charge in [-0.05, 0) is 19.9 Å². The molecule has 0 saturated carbocycles. The van der Waals surface area contributed by atoms with Gasteiger partial charge in [-0.15, -0.1) is 0 Å². The minimum atomic E-state index is -4.35. The maximum absolute atomic E-state index is 10.7. The molecule has 0 aliphatic rings. The summed E-state index contributed by atoms with van der Waals surface area (Å²) >= 11 is 0. The maximum Gasteiger partial charge on any atom is 1.00 e. The van der Waals surface area contributed by atoms with E-state index < -0.39 is 27.3 Å². The van der Waals surface area contributed by atoms with Gasteiger partial charge < -0.3 is 9.87 Å². The molecule has 14 heavy (non-hydrogen) atoms. The van der Waals surface area contributed by atoms with Crippen molar-refractivity contribution in [1.82, 2.24) is 5.32 Å². The van der Waals surface area contributed by atoms with Gasteiger partial charge in [0.15, 0.2) is 0 Å². The van der Waals surface area contributed by atoms with Crippen LogP contribution in [0.4, 0.5) is 0 Å². The van der Waals surface area contributed by atoms with Crippen molar-refractivity contribution >= 4 is 16.0 Å². The fourth-order valence-electron chi connectivity index (χ4n) is 0.651. The molecule has 2 unspecified atom stereocenters. The van der Waals surface area contributed by atoms with Crippen molar-refractivity contribution in [2.45, 2.75) is 25.1 Å². The molecule has 0 aliphatic carbocycles. The molecule has 0 bridgehead atoms. The average molecular weight is 229 g/mol. The Labute approximate surface area is 106 Å². The van der Waals surface area contributed by atoms with Gasteiger partial charge in [-0.2, -0.15) is 0 Å². The van der Waals surface area contributed by atoms with Gasteiger partial charge in [0.05, 0.1) is 15.4 Å². The Bertz CT molecular complexity index is 301. The first kappa shape index (κ1) is 16.5. The zero-order chi connectivity index (χ0) is 10.6. The van der Waals surface area contributed by atoms with Crippen molar-refractivity contribution in [2.75, 3.05) is 0 Å². The second-order valence-corrected chi connectivity index (χ2v) is 4.43. The molecule has 0 rings (SSSR count). The van der Waals surface area contributed by atoms with E-state index in [-0.39, 0.29) is 29.6 Å². The molecular formula is C7H12NNaO4S. The molecular weight excluding hydrogens is 217 g/mol. The number of carbonyl (C=O) groups is 1. The molecule has 0 aromatic heterocycles. The van der Waals surface area contributed by atoms with E-state index in [0.717, 1.165) is 6.08 Å². The molecule has 1 N–H and O–H groups in total. The fraction of sp³-hybridized carbons (Fsp3) is 0.571. The van der Waals surface area contributed by atoms with Crippen LogP contribution in [0.25, 0.3) is 0 Å². The van der Waals surface area contributed by atoms with Crippen LogP contribution in [0.5, 0.6) is 0 Å². The monoisotopic (exact) mass is 229 g/mol. The van der Waals surface area contributed by atoms with Crippen LogP contribution in [0.2, 0.25) is 0 Å². The molecule has 7 heteroatoms. The summed E-state index contributed by atoms with van der Waals surface area (Å²) in [5.74, 6) is -0.497. The van der Waals surface area contributed by atoms with E-state index >= 15 is 0 Å². The normalized spacial score (nSPS) is 14.8. The molecule has 5 nitrogen and oxygen atoms in total. The summed E-state index contributed by atoms with van der Waals surface area (Å²) < 4.78 is 31.5. The minimum absolute atomic E-state index is 0. The maximum atomic E-state index is 10.7. The molecule has 1 amide bonds. The van der Waals surface area contributed by atoms with E-state index in [9.17, 15) is 17.8 Å². The first-order chi connectivity index (χ1) is 5.79. The molecule has 0 radical (unpaired) electrons. The fourth-order valence-corrected chi connectivity index (χ4v) is 1.22. The standard InChI is InChI=1S/C7H13NO4S.Na/c1-4-7(9)8-5(2)6(3)13(10,11)12;/h4-6H,1H2,2-3H3,(H,8,9)(H,10,11,12);/q;+1/p-1. The minimum Gasteiger partial charge on any atom is -0.748 e. The van der Waals surface area contributed by atoms with Crippen LogP contribution in [0, 0.1) is 0 Å². The Kier molecular flexibility index (Phi) is 7.77. The van der Waals surface area contributed by atoms with Crippen LogP contribution < -0.4 is 34.9 Å². The number of hydrogen-bond acceptors (Lipinski definition) is 4. The largest absolute Gasteiger partial charge is 1.00 e. The van der Waals surface area contributed by atoms with Crippen LogP contribution in [-0.2, 0) is 14.9 Å². The van der Waals surface area contributed by atoms with Crippen molar-refractivity contribution in [2.24, 2.45) is 0 Å². The summed E-state index contributed by atoms with van der Waals surface area (Å²) in [6, 6.07) is -0.715. The number of rotatable bonds is 4. The summed E-state index contributed by atoms with van der Waals surface area (Å²) in [4.78, 5) is 10.7. The third kappa shape index (κ3) is 5.77. The van der Waals surface area contributed by atoms with Crippen molar-refractivity contribution in [3.8, 4) is 0 Å². The molecule has 0 heterocycles. The quantitative estimate of drug-likeness (QED) is 0.309. The van der Waals surface area contributed by atoms with Crippen molar-refractivity contribution < 1.29 is 47.3 Å². The summed E-state index contributed by atoms with van der Waals surface area (Å²) in [5.41, 5.74) is 0. The van der Waals surface area contributed by atoms with Gasteiger partial charge in [-0.3, -0.25) is 4.79 Å². The van der Waals surface area contributed by atoms with E-state index in [0.29, 0.717) is 0 Å². The summed E-state index contributed by atoms with van der Waals surface area (Å²) in [7, 11) is -4.35. The summed E-state index contributed by atoms with van der Waals surface area (Å²) in [6.07, 6.45) is 1.01. The van der Waals surface area contributed by atoms with Gasteiger partial charge in [0.2, 0.25) is 5.91 Å². The third-order valence-corrected chi connectivity index (χ3v) is 3.03.